The molecule has 0 saturated heterocycles. The number of ether oxygens (including phenoxy) is 2. The Morgan fingerprint density at radius 1 is 0.900 bits per heavy atom. The van der Waals surface area contributed by atoms with Gasteiger partial charge in [0.2, 0.25) is 5.82 Å². The maximum absolute atomic E-state index is 15.3. The van der Waals surface area contributed by atoms with E-state index in [0.29, 0.717) is 16.8 Å². The number of hydrogen-bond acceptors (Lipinski definition) is 8. The molecule has 1 unspecified atom stereocenters. The second kappa shape index (κ2) is 15.0. The highest BCUT2D eigenvalue weighted by Crippen LogP contribution is 2.27. The van der Waals surface area contributed by atoms with Gasteiger partial charge in [-0.3, -0.25) is 10.1 Å². The number of hydrogen-bond donors (Lipinski definition) is 3. The first-order valence-corrected chi connectivity index (χ1v) is 15.9. The number of carboxylic acid groups (broad SMARTS) is 1. The summed E-state index contributed by atoms with van der Waals surface area (Å²) < 4.78 is 31.6. The van der Waals surface area contributed by atoms with Crippen molar-refractivity contribution in [1.82, 2.24) is 15.5 Å². The van der Waals surface area contributed by atoms with Crippen molar-refractivity contribution in [1.29, 1.82) is 0 Å². The number of carbonyl (C=O) groups excluding carboxylic acids is 2. The summed E-state index contributed by atoms with van der Waals surface area (Å²) in [6.45, 7) is 9.17. The molecule has 258 valence electrons. The van der Waals surface area contributed by atoms with E-state index in [1.165, 1.54) is 12.1 Å². The Bertz CT molecular complexity index is 1980. The number of carbonyl (C=O) groups is 3. The van der Waals surface area contributed by atoms with Gasteiger partial charge < -0.3 is 24.4 Å². The number of nitrogens with one attached hydrogen (secondary N) is 2. The molecule has 11 nitrogen and oxygen atoms in total. The molecule has 5 rings (SSSR count). The minimum Gasteiger partial charge on any atom is -0.491 e. The van der Waals surface area contributed by atoms with Crippen molar-refractivity contribution in [3.63, 3.8) is 0 Å². The molecule has 0 spiro atoms. The van der Waals surface area contributed by atoms with Gasteiger partial charge >= 0.3 is 12.1 Å². The molecule has 0 aliphatic heterocycles. The molecule has 0 aliphatic carbocycles. The van der Waals surface area contributed by atoms with Crippen LogP contribution in [0.4, 0.5) is 14.9 Å². The number of halogens is 1. The average Bonchev–Trinajstić information content (AvgIpc) is 3.54. The first-order valence-electron chi connectivity index (χ1n) is 15.9. The summed E-state index contributed by atoms with van der Waals surface area (Å²) in [6, 6.07) is 23.7. The topological polar surface area (TPSA) is 153 Å². The van der Waals surface area contributed by atoms with Gasteiger partial charge in [-0.05, 0) is 112 Å². The van der Waals surface area contributed by atoms with Crippen LogP contribution in [0.3, 0.4) is 0 Å². The van der Waals surface area contributed by atoms with E-state index in [9.17, 15) is 19.5 Å². The summed E-state index contributed by atoms with van der Waals surface area (Å²) in [7, 11) is 0. The van der Waals surface area contributed by atoms with Crippen LogP contribution >= 0.6 is 0 Å². The van der Waals surface area contributed by atoms with E-state index in [2.05, 4.69) is 20.8 Å². The Kier molecular flexibility index (Phi) is 10.6. The minimum atomic E-state index is -1.33. The predicted octanol–water partition coefficient (Wildman–Crippen LogP) is 7.77. The zero-order valence-electron chi connectivity index (χ0n) is 28.2. The number of carboxylic acids is 1. The summed E-state index contributed by atoms with van der Waals surface area (Å²) in [5.74, 6) is -1.70. The molecular weight excluding hydrogens is 643 g/mol. The number of anilines is 1. The van der Waals surface area contributed by atoms with Gasteiger partial charge in [-0.15, -0.1) is 0 Å². The van der Waals surface area contributed by atoms with Crippen molar-refractivity contribution in [2.45, 2.75) is 58.8 Å². The van der Waals surface area contributed by atoms with Crippen LogP contribution in [0.15, 0.2) is 95.5 Å². The first-order chi connectivity index (χ1) is 23.7. The molecule has 5 aromatic rings. The van der Waals surface area contributed by atoms with Crippen molar-refractivity contribution in [2.75, 3.05) is 5.32 Å². The van der Waals surface area contributed by atoms with Gasteiger partial charge in [-0.2, -0.15) is 4.98 Å². The van der Waals surface area contributed by atoms with Gasteiger partial charge in [-0.1, -0.05) is 35.5 Å². The van der Waals surface area contributed by atoms with E-state index < -0.39 is 35.4 Å². The molecule has 3 N–H and O–H groups in total. The fourth-order valence-electron chi connectivity index (χ4n) is 4.95. The van der Waals surface area contributed by atoms with Gasteiger partial charge in [0.1, 0.15) is 23.2 Å². The van der Waals surface area contributed by atoms with E-state index in [0.717, 1.165) is 16.9 Å². The summed E-state index contributed by atoms with van der Waals surface area (Å²) in [4.78, 5) is 41.6. The molecule has 0 bridgehead atoms. The van der Waals surface area contributed by atoms with Gasteiger partial charge in [0, 0.05) is 23.2 Å². The Hall–Kier alpha value is -6.04. The molecule has 1 atom stereocenters. The van der Waals surface area contributed by atoms with Gasteiger partial charge in [0.15, 0.2) is 0 Å². The number of aromatic nitrogens is 2. The molecule has 1 heterocycles. The Labute approximate surface area is 288 Å². The third kappa shape index (κ3) is 9.31. The third-order valence-electron chi connectivity index (χ3n) is 7.21. The molecule has 0 radical (unpaired) electrons. The number of nitrogens with zero attached hydrogens (tertiary/aromatic N) is 2. The van der Waals surface area contributed by atoms with Crippen LogP contribution in [0.25, 0.3) is 34.0 Å². The molecule has 1 aromatic heterocycles. The molecule has 2 amide bonds. The Morgan fingerprint density at radius 2 is 1.60 bits per heavy atom. The largest absolute Gasteiger partial charge is 0.491 e. The maximum Gasteiger partial charge on any atom is 0.412 e. The van der Waals surface area contributed by atoms with Crippen molar-refractivity contribution in [3.8, 4) is 39.7 Å². The van der Waals surface area contributed by atoms with Crippen molar-refractivity contribution in [3.05, 3.63) is 108 Å². The second-order valence-electron chi connectivity index (χ2n) is 12.8. The number of benzene rings is 4. The van der Waals surface area contributed by atoms with Gasteiger partial charge in [0.05, 0.1) is 11.7 Å². The van der Waals surface area contributed by atoms with Crippen LogP contribution in [0.2, 0.25) is 0 Å². The zero-order chi connectivity index (χ0) is 36.0. The molecule has 50 heavy (non-hydrogen) atoms. The molecule has 0 saturated carbocycles. The lowest BCUT2D eigenvalue weighted by molar-refractivity contribution is -0.139. The summed E-state index contributed by atoms with van der Waals surface area (Å²) in [5, 5.41) is 19.0. The molecule has 4 aromatic carbocycles. The normalized spacial score (nSPS) is 11.9. The summed E-state index contributed by atoms with van der Waals surface area (Å²) >= 11 is 0. The van der Waals surface area contributed by atoms with E-state index in [-0.39, 0.29) is 35.4 Å². The number of amides is 2. The lowest BCUT2D eigenvalue weighted by Gasteiger charge is -2.19. The highest BCUT2D eigenvalue weighted by Gasteiger charge is 2.23. The van der Waals surface area contributed by atoms with Gasteiger partial charge in [0.25, 0.3) is 11.8 Å². The zero-order valence-corrected chi connectivity index (χ0v) is 28.2. The smallest absolute Gasteiger partial charge is 0.412 e. The lowest BCUT2D eigenvalue weighted by Crippen LogP contribution is -2.42. The van der Waals surface area contributed by atoms with E-state index in [1.807, 2.05) is 44.2 Å². The summed E-state index contributed by atoms with van der Waals surface area (Å²) in [6.07, 6.45) is -0.727. The fourth-order valence-corrected chi connectivity index (χ4v) is 4.95. The lowest BCUT2D eigenvalue weighted by atomic mass is 10.0. The highest BCUT2D eigenvalue weighted by molar-refractivity contribution is 5.97. The quantitative estimate of drug-likeness (QED) is 0.127. The van der Waals surface area contributed by atoms with E-state index >= 15 is 4.39 Å². The van der Waals surface area contributed by atoms with Crippen LogP contribution < -0.4 is 15.4 Å². The third-order valence-corrected chi connectivity index (χ3v) is 7.21. The Balaban J connectivity index is 1.23. The fraction of sp³-hybridized carbons (Fsp3) is 0.237. The molecular formula is C38H37FN4O7. The molecule has 12 heteroatoms. The van der Waals surface area contributed by atoms with Crippen LogP contribution in [0, 0.1) is 5.82 Å². The second-order valence-corrected chi connectivity index (χ2v) is 12.8. The monoisotopic (exact) mass is 680 g/mol. The molecule has 0 fully saturated rings. The minimum absolute atomic E-state index is 0.00920. The highest BCUT2D eigenvalue weighted by atomic mass is 19.1. The number of aliphatic carboxylic acids is 1. The van der Waals surface area contributed by atoms with E-state index in [1.54, 1.807) is 69.3 Å². The maximum atomic E-state index is 15.3. The SMILES string of the molecule is CC(C)Oc1ccc(-c2cccc(C(=O)NC(Cc3ccc(-c4noc(-c5ccc(NC(=O)OC(C)(C)C)cc5)n4)c(F)c3)C(=O)O)c2)cc1. The van der Waals surface area contributed by atoms with Crippen molar-refractivity contribution >= 4 is 23.7 Å². The van der Waals surface area contributed by atoms with Crippen LogP contribution in [0.1, 0.15) is 50.5 Å². The van der Waals surface area contributed by atoms with Crippen molar-refractivity contribution in [2.24, 2.45) is 0 Å². The van der Waals surface area contributed by atoms with Crippen LogP contribution in [0.5, 0.6) is 5.75 Å². The average molecular weight is 681 g/mol. The standard InChI is InChI=1S/C38H37FN4O7/c1-22(2)48-29-16-12-24(13-17-29)26-7-6-8-27(21-26)34(44)41-32(36(45)46)20-23-9-18-30(31(39)19-23)33-42-35(50-43-33)25-10-14-28(15-11-25)40-37(47)49-38(3,4)5/h6-19,21-22,32H,20H2,1-5H3,(H,40,47)(H,41,44)(H,45,46). The van der Waals surface area contributed by atoms with Crippen LogP contribution in [-0.2, 0) is 16.0 Å². The molecule has 0 aliphatic rings. The van der Waals surface area contributed by atoms with Crippen LogP contribution in [-0.4, -0.2) is 51.0 Å². The van der Waals surface area contributed by atoms with Gasteiger partial charge in [-0.25, -0.2) is 14.0 Å². The van der Waals surface area contributed by atoms with E-state index in [4.69, 9.17) is 14.0 Å². The summed E-state index contributed by atoms with van der Waals surface area (Å²) in [5.41, 5.74) is 2.69. The first kappa shape index (κ1) is 35.3. The number of rotatable bonds is 11. The van der Waals surface area contributed by atoms with Crippen molar-refractivity contribution < 1.29 is 37.9 Å². The Morgan fingerprint density at radius 3 is 2.24 bits per heavy atom. The predicted molar refractivity (Wildman–Crippen MR) is 185 cm³/mol.